The van der Waals surface area contributed by atoms with Crippen LogP contribution >= 0.6 is 0 Å². The highest BCUT2D eigenvalue weighted by atomic mass is 16.5. The average Bonchev–Trinajstić information content (AvgIpc) is 3.70. The van der Waals surface area contributed by atoms with Crippen molar-refractivity contribution in [2.45, 2.75) is 313 Å². The molecule has 4 unspecified atom stereocenters. The Morgan fingerprint density at radius 3 is 1.24 bits per heavy atom. The first-order valence-electron chi connectivity index (χ1n) is 29.3. The van der Waals surface area contributed by atoms with Gasteiger partial charge in [0.15, 0.2) is 0 Å². The SMILES string of the molecule is CC.CCCCCCCCC(CCCCCC)C(=O)OCCCCCCN1CC(C)CC1C(=O)OCCCCCCC.CCCCCCCCC(CCCCCC)C(C)=O.CCCCCO. The van der Waals surface area contributed by atoms with Gasteiger partial charge >= 0.3 is 11.9 Å². The van der Waals surface area contributed by atoms with Gasteiger partial charge in [0.05, 0.1) is 19.1 Å². The zero-order chi connectivity index (χ0) is 49.7. The summed E-state index contributed by atoms with van der Waals surface area (Å²) in [6.45, 7) is 24.8. The molecule has 1 saturated heterocycles. The first kappa shape index (κ1) is 68.8. The third-order valence-corrected chi connectivity index (χ3v) is 13.3. The second-order valence-electron chi connectivity index (χ2n) is 19.8. The van der Waals surface area contributed by atoms with E-state index in [9.17, 15) is 14.4 Å². The Morgan fingerprint density at radius 2 is 0.833 bits per heavy atom. The van der Waals surface area contributed by atoms with E-state index in [2.05, 4.69) is 53.4 Å². The number of ketones is 1. The van der Waals surface area contributed by atoms with Crippen LogP contribution in [0.4, 0.5) is 0 Å². The normalized spacial score (nSPS) is 15.4. The topological polar surface area (TPSA) is 93.1 Å². The maximum absolute atomic E-state index is 12.8. The van der Waals surface area contributed by atoms with Gasteiger partial charge in [-0.05, 0) is 77.2 Å². The number of aliphatic hydroxyl groups is 1. The third-order valence-electron chi connectivity index (χ3n) is 13.3. The van der Waals surface area contributed by atoms with Gasteiger partial charge in [0.2, 0.25) is 0 Å². The molecule has 4 atom stereocenters. The molecule has 0 saturated carbocycles. The molecule has 66 heavy (non-hydrogen) atoms. The summed E-state index contributed by atoms with van der Waals surface area (Å²) in [7, 11) is 0. The highest BCUT2D eigenvalue weighted by Gasteiger charge is 2.35. The predicted molar refractivity (Wildman–Crippen MR) is 287 cm³/mol. The van der Waals surface area contributed by atoms with E-state index in [0.717, 1.165) is 109 Å². The number of likely N-dealkylation sites (tertiary alicyclic amines) is 1. The minimum absolute atomic E-state index is 0.0167. The average molecular weight is 939 g/mol. The molecular weight excluding hydrogens is 819 g/mol. The lowest BCUT2D eigenvalue weighted by atomic mass is 9.91. The van der Waals surface area contributed by atoms with Crippen molar-refractivity contribution in [3.63, 3.8) is 0 Å². The van der Waals surface area contributed by atoms with E-state index >= 15 is 0 Å². The second-order valence-corrected chi connectivity index (χ2v) is 19.8. The van der Waals surface area contributed by atoms with E-state index in [1.165, 1.54) is 141 Å². The molecule has 396 valence electrons. The Morgan fingerprint density at radius 1 is 0.485 bits per heavy atom. The van der Waals surface area contributed by atoms with Gasteiger partial charge in [0, 0.05) is 19.1 Å². The van der Waals surface area contributed by atoms with Crippen LogP contribution in [0, 0.1) is 17.8 Å². The maximum Gasteiger partial charge on any atom is 0.323 e. The number of nitrogens with zero attached hydrogens (tertiary/aromatic N) is 1. The molecule has 0 aliphatic carbocycles. The molecule has 0 aromatic heterocycles. The van der Waals surface area contributed by atoms with Gasteiger partial charge in [-0.2, -0.15) is 0 Å². The zero-order valence-corrected chi connectivity index (χ0v) is 46.4. The number of carbonyl (C=O) groups is 3. The molecule has 0 aromatic carbocycles. The second kappa shape index (κ2) is 56.1. The molecule has 0 aromatic rings. The Labute approximate surface area is 413 Å². The molecule has 1 aliphatic heterocycles. The number of Topliss-reactive ketones (excluding diaryl/α,β-unsaturated/α-hetero) is 1. The fraction of sp³-hybridized carbons (Fsp3) is 0.949. The first-order chi connectivity index (χ1) is 32.2. The highest BCUT2D eigenvalue weighted by molar-refractivity contribution is 5.78. The van der Waals surface area contributed by atoms with Crippen LogP contribution in [0.15, 0.2) is 0 Å². The van der Waals surface area contributed by atoms with Crippen molar-refractivity contribution < 1.29 is 29.0 Å². The van der Waals surface area contributed by atoms with E-state index in [1.807, 2.05) is 13.8 Å². The van der Waals surface area contributed by atoms with Crippen molar-refractivity contribution in [1.82, 2.24) is 4.90 Å². The van der Waals surface area contributed by atoms with Crippen molar-refractivity contribution in [1.29, 1.82) is 0 Å². The number of esters is 2. The standard InChI is InChI=1S/C35H67NO4.C17H34O.C5H12O.C2H6/c1-5-8-11-14-15-20-25-32(24-19-13-10-7-3)34(37)39-27-23-18-16-21-26-36-30-31(4)29-33(36)35(38)40-28-22-17-12-9-6-2;1-4-6-8-10-11-13-15-17(16(3)18)14-12-9-7-5-2;1-2-3-4-5-6;1-2/h31-33H,5-30H2,1-4H3;17H,4-15H2,1-3H3;6H,2-5H2,1H3;1-2H3. The van der Waals surface area contributed by atoms with Crippen molar-refractivity contribution in [3.05, 3.63) is 0 Å². The van der Waals surface area contributed by atoms with Crippen LogP contribution in [0.2, 0.25) is 0 Å². The molecule has 7 heteroatoms. The Kier molecular flexibility index (Phi) is 58.5. The van der Waals surface area contributed by atoms with Gasteiger partial charge in [-0.15, -0.1) is 0 Å². The van der Waals surface area contributed by atoms with Gasteiger partial charge in [0.1, 0.15) is 11.8 Å². The molecule has 1 rings (SSSR count). The summed E-state index contributed by atoms with van der Waals surface area (Å²) in [5.74, 6) is 1.44. The van der Waals surface area contributed by atoms with Gasteiger partial charge in [-0.25, -0.2) is 0 Å². The number of aliphatic hydroxyl groups excluding tert-OH is 1. The summed E-state index contributed by atoms with van der Waals surface area (Å²) in [5.41, 5.74) is 0. The number of rotatable bonds is 43. The van der Waals surface area contributed by atoms with Crippen LogP contribution in [-0.4, -0.2) is 66.7 Å². The van der Waals surface area contributed by atoms with Crippen LogP contribution in [-0.2, 0) is 23.9 Å². The van der Waals surface area contributed by atoms with Crippen molar-refractivity contribution >= 4 is 17.7 Å². The lowest BCUT2D eigenvalue weighted by molar-refractivity contribution is -0.150. The summed E-state index contributed by atoms with van der Waals surface area (Å²) in [6.07, 6.45) is 44.2. The van der Waals surface area contributed by atoms with Crippen LogP contribution in [0.3, 0.4) is 0 Å². The Hall–Kier alpha value is -1.47. The van der Waals surface area contributed by atoms with Crippen molar-refractivity contribution in [2.75, 3.05) is 32.9 Å². The summed E-state index contributed by atoms with van der Waals surface area (Å²) >= 11 is 0. The predicted octanol–water partition coefficient (Wildman–Crippen LogP) is 17.8. The molecule has 1 heterocycles. The fourth-order valence-corrected chi connectivity index (χ4v) is 8.93. The number of carbonyl (C=O) groups excluding carboxylic acids is 3. The molecule has 0 bridgehead atoms. The van der Waals surface area contributed by atoms with E-state index in [1.54, 1.807) is 6.92 Å². The van der Waals surface area contributed by atoms with Crippen LogP contribution < -0.4 is 0 Å². The molecule has 0 spiro atoms. The summed E-state index contributed by atoms with van der Waals surface area (Å²) in [4.78, 5) is 39.4. The van der Waals surface area contributed by atoms with Crippen LogP contribution in [0.5, 0.6) is 0 Å². The summed E-state index contributed by atoms with van der Waals surface area (Å²) in [5, 5.41) is 8.20. The number of ether oxygens (including phenoxy) is 2. The largest absolute Gasteiger partial charge is 0.465 e. The van der Waals surface area contributed by atoms with E-state index < -0.39 is 0 Å². The van der Waals surface area contributed by atoms with E-state index in [0.29, 0.717) is 37.4 Å². The number of unbranched alkanes of at least 4 members (excludes halogenated alkanes) is 25. The number of hydrogen-bond acceptors (Lipinski definition) is 7. The molecule has 7 nitrogen and oxygen atoms in total. The van der Waals surface area contributed by atoms with Crippen molar-refractivity contribution in [3.8, 4) is 0 Å². The van der Waals surface area contributed by atoms with Crippen LogP contribution in [0.1, 0.15) is 307 Å². The molecule has 1 fully saturated rings. The first-order valence-corrected chi connectivity index (χ1v) is 29.3. The fourth-order valence-electron chi connectivity index (χ4n) is 8.93. The number of hydrogen-bond donors (Lipinski definition) is 1. The Balaban J connectivity index is -0.00000125. The minimum atomic E-state index is -0.0625. The van der Waals surface area contributed by atoms with E-state index in [4.69, 9.17) is 14.6 Å². The molecular formula is C59H119NO6. The van der Waals surface area contributed by atoms with Crippen LogP contribution in [0.25, 0.3) is 0 Å². The molecule has 0 radical (unpaired) electrons. The molecule has 1 aliphatic rings. The Bertz CT molecular complexity index is 985. The zero-order valence-electron chi connectivity index (χ0n) is 46.4. The lowest BCUT2D eigenvalue weighted by Crippen LogP contribution is -2.38. The highest BCUT2D eigenvalue weighted by Crippen LogP contribution is 2.25. The quantitative estimate of drug-likeness (QED) is 0.0481. The minimum Gasteiger partial charge on any atom is -0.465 e. The lowest BCUT2D eigenvalue weighted by Gasteiger charge is -2.23. The van der Waals surface area contributed by atoms with Crippen molar-refractivity contribution in [2.24, 2.45) is 17.8 Å². The van der Waals surface area contributed by atoms with Gasteiger partial charge < -0.3 is 14.6 Å². The smallest absolute Gasteiger partial charge is 0.323 e. The monoisotopic (exact) mass is 938 g/mol. The molecule has 0 amide bonds. The molecule has 1 N–H and O–H groups in total. The maximum atomic E-state index is 12.8. The van der Waals surface area contributed by atoms with Gasteiger partial charge in [-0.3, -0.25) is 19.3 Å². The van der Waals surface area contributed by atoms with Gasteiger partial charge in [-0.1, -0.05) is 242 Å². The third kappa shape index (κ3) is 46.3. The van der Waals surface area contributed by atoms with Gasteiger partial charge in [0.25, 0.3) is 0 Å². The summed E-state index contributed by atoms with van der Waals surface area (Å²) < 4.78 is 11.4. The summed E-state index contributed by atoms with van der Waals surface area (Å²) in [6, 6.07) is -0.0625. The van der Waals surface area contributed by atoms with E-state index in [-0.39, 0.29) is 23.9 Å².